The van der Waals surface area contributed by atoms with Crippen molar-refractivity contribution >= 4 is 0 Å². The molecular formula is C18H31N3. The highest BCUT2D eigenvalue weighted by atomic mass is 15.3. The van der Waals surface area contributed by atoms with Crippen molar-refractivity contribution in [1.29, 1.82) is 0 Å². The van der Waals surface area contributed by atoms with E-state index in [-0.39, 0.29) is 5.41 Å². The van der Waals surface area contributed by atoms with Crippen LogP contribution in [-0.4, -0.2) is 49.6 Å². The Morgan fingerprint density at radius 3 is 2.57 bits per heavy atom. The van der Waals surface area contributed by atoms with Crippen LogP contribution >= 0.6 is 0 Å². The van der Waals surface area contributed by atoms with Crippen molar-refractivity contribution in [2.75, 3.05) is 39.8 Å². The zero-order valence-electron chi connectivity index (χ0n) is 13.9. The summed E-state index contributed by atoms with van der Waals surface area (Å²) in [4.78, 5) is 5.09. The molecule has 0 saturated carbocycles. The minimum atomic E-state index is 0.234. The Morgan fingerprint density at radius 1 is 1.24 bits per heavy atom. The molecule has 1 heterocycles. The van der Waals surface area contributed by atoms with Gasteiger partial charge in [-0.1, -0.05) is 50.6 Å². The summed E-state index contributed by atoms with van der Waals surface area (Å²) in [6, 6.07) is 11.4. The molecule has 1 saturated heterocycles. The summed E-state index contributed by atoms with van der Waals surface area (Å²) in [6.07, 6.45) is 2.41. The molecule has 3 nitrogen and oxygen atoms in total. The molecule has 2 rings (SSSR count). The molecule has 2 unspecified atom stereocenters. The molecule has 0 spiro atoms. The number of piperazine rings is 1. The summed E-state index contributed by atoms with van der Waals surface area (Å²) in [5, 5.41) is 0. The smallest absolute Gasteiger partial charge is 0.0475 e. The first-order chi connectivity index (χ1) is 10.1. The fraction of sp³-hybridized carbons (Fsp3) is 0.667. The molecule has 0 aliphatic carbocycles. The summed E-state index contributed by atoms with van der Waals surface area (Å²) >= 11 is 0. The Balaban J connectivity index is 2.15. The fourth-order valence-corrected chi connectivity index (χ4v) is 3.48. The van der Waals surface area contributed by atoms with E-state index in [1.54, 1.807) is 0 Å². The first-order valence-electron chi connectivity index (χ1n) is 8.25. The van der Waals surface area contributed by atoms with E-state index < -0.39 is 0 Å². The highest BCUT2D eigenvalue weighted by Gasteiger charge is 2.32. The molecule has 118 valence electrons. The zero-order valence-corrected chi connectivity index (χ0v) is 13.9. The van der Waals surface area contributed by atoms with Gasteiger partial charge < -0.3 is 10.6 Å². The number of benzene rings is 1. The lowest BCUT2D eigenvalue weighted by Gasteiger charge is -2.44. The molecule has 21 heavy (non-hydrogen) atoms. The van der Waals surface area contributed by atoms with Crippen LogP contribution in [0.1, 0.15) is 38.3 Å². The molecule has 0 amide bonds. The monoisotopic (exact) mass is 289 g/mol. The van der Waals surface area contributed by atoms with Crippen LogP contribution in [0.2, 0.25) is 0 Å². The van der Waals surface area contributed by atoms with Crippen molar-refractivity contribution in [3.63, 3.8) is 0 Å². The van der Waals surface area contributed by atoms with Crippen molar-refractivity contribution < 1.29 is 0 Å². The molecule has 1 aromatic carbocycles. The van der Waals surface area contributed by atoms with E-state index in [2.05, 4.69) is 61.0 Å². The highest BCUT2D eigenvalue weighted by Crippen LogP contribution is 2.30. The van der Waals surface area contributed by atoms with Crippen molar-refractivity contribution in [2.45, 2.75) is 32.7 Å². The van der Waals surface area contributed by atoms with Gasteiger partial charge in [-0.15, -0.1) is 0 Å². The van der Waals surface area contributed by atoms with Gasteiger partial charge in [-0.05, 0) is 31.0 Å². The third-order valence-electron chi connectivity index (χ3n) is 4.81. The standard InChI is InChI=1S/C18H31N3/c1-4-10-18(2,14-19)15-21-12-11-20(3)13-17(21)16-8-6-5-7-9-16/h5-9,17H,4,10-15,19H2,1-3H3. The molecule has 1 aliphatic rings. The molecule has 0 aromatic heterocycles. The van der Waals surface area contributed by atoms with Gasteiger partial charge in [-0.3, -0.25) is 4.90 Å². The van der Waals surface area contributed by atoms with Crippen LogP contribution in [0.3, 0.4) is 0 Å². The Morgan fingerprint density at radius 2 is 1.95 bits per heavy atom. The lowest BCUT2D eigenvalue weighted by molar-refractivity contribution is 0.0503. The van der Waals surface area contributed by atoms with Gasteiger partial charge in [0.15, 0.2) is 0 Å². The van der Waals surface area contributed by atoms with Gasteiger partial charge in [0.2, 0.25) is 0 Å². The van der Waals surface area contributed by atoms with Crippen molar-refractivity contribution in [3.8, 4) is 0 Å². The highest BCUT2D eigenvalue weighted by molar-refractivity contribution is 5.20. The van der Waals surface area contributed by atoms with Crippen molar-refractivity contribution in [3.05, 3.63) is 35.9 Å². The maximum Gasteiger partial charge on any atom is 0.0475 e. The van der Waals surface area contributed by atoms with Crippen molar-refractivity contribution in [1.82, 2.24) is 9.80 Å². The number of hydrogen-bond acceptors (Lipinski definition) is 3. The maximum atomic E-state index is 6.08. The van der Waals surface area contributed by atoms with Gasteiger partial charge in [0.25, 0.3) is 0 Å². The molecule has 0 radical (unpaired) electrons. The average Bonchev–Trinajstić information content (AvgIpc) is 2.50. The van der Waals surface area contributed by atoms with Crippen LogP contribution in [0.25, 0.3) is 0 Å². The van der Waals surface area contributed by atoms with Crippen LogP contribution in [0.5, 0.6) is 0 Å². The molecule has 1 aliphatic heterocycles. The fourth-order valence-electron chi connectivity index (χ4n) is 3.48. The van der Waals surface area contributed by atoms with Crippen LogP contribution in [-0.2, 0) is 0 Å². The third-order valence-corrected chi connectivity index (χ3v) is 4.81. The van der Waals surface area contributed by atoms with Gasteiger partial charge in [-0.2, -0.15) is 0 Å². The largest absolute Gasteiger partial charge is 0.330 e. The van der Waals surface area contributed by atoms with Gasteiger partial charge in [0.1, 0.15) is 0 Å². The van der Waals surface area contributed by atoms with Gasteiger partial charge in [-0.25, -0.2) is 0 Å². The summed E-state index contributed by atoms with van der Waals surface area (Å²) in [5.41, 5.74) is 7.75. The molecule has 2 atom stereocenters. The van der Waals surface area contributed by atoms with E-state index in [0.29, 0.717) is 6.04 Å². The predicted octanol–water partition coefficient (Wildman–Crippen LogP) is 2.74. The van der Waals surface area contributed by atoms with Crippen LogP contribution in [0, 0.1) is 5.41 Å². The van der Waals surface area contributed by atoms with Gasteiger partial charge in [0.05, 0.1) is 0 Å². The lowest BCUT2D eigenvalue weighted by atomic mass is 9.84. The Hall–Kier alpha value is -0.900. The predicted molar refractivity (Wildman–Crippen MR) is 90.3 cm³/mol. The van der Waals surface area contributed by atoms with E-state index in [9.17, 15) is 0 Å². The molecule has 1 aromatic rings. The number of hydrogen-bond donors (Lipinski definition) is 1. The van der Waals surface area contributed by atoms with Crippen molar-refractivity contribution in [2.24, 2.45) is 11.1 Å². The zero-order chi connectivity index (χ0) is 15.3. The molecule has 3 heteroatoms. The number of likely N-dealkylation sites (N-methyl/N-ethyl adjacent to an activating group) is 1. The van der Waals surface area contributed by atoms with Gasteiger partial charge >= 0.3 is 0 Å². The molecule has 2 N–H and O–H groups in total. The van der Waals surface area contributed by atoms with E-state index in [1.165, 1.54) is 18.4 Å². The normalized spacial score (nSPS) is 23.9. The van der Waals surface area contributed by atoms with Gasteiger partial charge in [0, 0.05) is 32.2 Å². The van der Waals surface area contributed by atoms with E-state index in [1.807, 2.05) is 0 Å². The Bertz CT molecular complexity index is 420. The molecular weight excluding hydrogens is 258 g/mol. The van der Waals surface area contributed by atoms with Crippen LogP contribution < -0.4 is 5.73 Å². The summed E-state index contributed by atoms with van der Waals surface area (Å²) in [5.74, 6) is 0. The number of nitrogens with two attached hydrogens (primary N) is 1. The van der Waals surface area contributed by atoms with Crippen LogP contribution in [0.15, 0.2) is 30.3 Å². The topological polar surface area (TPSA) is 32.5 Å². The van der Waals surface area contributed by atoms with E-state index in [4.69, 9.17) is 5.73 Å². The number of nitrogens with zero attached hydrogens (tertiary/aromatic N) is 2. The number of rotatable bonds is 6. The van der Waals surface area contributed by atoms with E-state index in [0.717, 1.165) is 32.7 Å². The first kappa shape index (κ1) is 16.5. The molecule has 0 bridgehead atoms. The minimum Gasteiger partial charge on any atom is -0.330 e. The van der Waals surface area contributed by atoms with Crippen LogP contribution in [0.4, 0.5) is 0 Å². The quantitative estimate of drug-likeness (QED) is 0.874. The second-order valence-corrected chi connectivity index (χ2v) is 6.92. The third kappa shape index (κ3) is 4.29. The van der Waals surface area contributed by atoms with E-state index >= 15 is 0 Å². The second kappa shape index (κ2) is 7.39. The Kier molecular flexibility index (Phi) is 5.80. The Labute approximate surface area is 130 Å². The molecule has 1 fully saturated rings. The second-order valence-electron chi connectivity index (χ2n) is 6.92. The SMILES string of the molecule is CCCC(C)(CN)CN1CCN(C)CC1c1ccccc1. The summed E-state index contributed by atoms with van der Waals surface area (Å²) < 4.78 is 0. The summed E-state index contributed by atoms with van der Waals surface area (Å²) in [7, 11) is 2.22. The lowest BCUT2D eigenvalue weighted by Crippen LogP contribution is -2.51. The first-order valence-corrected chi connectivity index (χ1v) is 8.25. The summed E-state index contributed by atoms with van der Waals surface area (Å²) in [6.45, 7) is 9.87. The minimum absolute atomic E-state index is 0.234. The maximum absolute atomic E-state index is 6.08. The average molecular weight is 289 g/mol.